The first kappa shape index (κ1) is 50.8. The fourth-order valence-corrected chi connectivity index (χ4v) is 7.37. The van der Waals surface area contributed by atoms with Crippen LogP contribution in [-0.2, 0) is 28.5 Å². The zero-order chi connectivity index (χ0) is 39.2. The van der Waals surface area contributed by atoms with Crippen molar-refractivity contribution < 1.29 is 28.5 Å². The number of hydrogen-bond donors (Lipinski definition) is 0. The van der Waals surface area contributed by atoms with Gasteiger partial charge in [0.15, 0.2) is 0 Å². The van der Waals surface area contributed by atoms with Crippen molar-refractivity contribution in [2.24, 2.45) is 0 Å². The van der Waals surface area contributed by atoms with Crippen LogP contribution in [-0.4, -0.2) is 99.6 Å². The molecule has 0 aromatic carbocycles. The van der Waals surface area contributed by atoms with Crippen molar-refractivity contribution in [2.75, 3.05) is 65.8 Å². The van der Waals surface area contributed by atoms with Crippen LogP contribution in [0.1, 0.15) is 207 Å². The second kappa shape index (κ2) is 38.6. The standard InChI is InChI=1S/C46H90N2O6/c1-5-9-13-17-21-25-31-47(32-26-22-18-14-10-6-2)45(49)41-43-44(54-38-30-36-52-40-39-51-35-29-37-53-43)42-46(50)48(33-27-23-19-15-11-7-3)34-28-24-20-16-12-8-4/h43-44H,5-42H2,1-4H3/t43-,44?/m0/s1. The zero-order valence-corrected chi connectivity index (χ0v) is 36.4. The van der Waals surface area contributed by atoms with Gasteiger partial charge < -0.3 is 28.7 Å². The summed E-state index contributed by atoms with van der Waals surface area (Å²) < 4.78 is 24.7. The predicted molar refractivity (Wildman–Crippen MR) is 226 cm³/mol. The van der Waals surface area contributed by atoms with Crippen molar-refractivity contribution in [2.45, 2.75) is 220 Å². The lowest BCUT2D eigenvalue weighted by molar-refractivity contribution is -0.147. The van der Waals surface area contributed by atoms with Crippen LogP contribution in [0, 0.1) is 0 Å². The summed E-state index contributed by atoms with van der Waals surface area (Å²) in [7, 11) is 0. The SMILES string of the molecule is CCCCCCCCN(CCCCCCCC)C(=O)CC1OCCCOCCOCCCO[C@H]1CC(=O)N(CCCCCCCC)CCCCCCCC. The highest BCUT2D eigenvalue weighted by molar-refractivity contribution is 5.78. The summed E-state index contributed by atoms with van der Waals surface area (Å²) in [5.41, 5.74) is 0. The number of carbonyl (C=O) groups is 2. The first-order valence-corrected chi connectivity index (χ1v) is 23.5. The molecule has 1 saturated heterocycles. The van der Waals surface area contributed by atoms with E-state index in [9.17, 15) is 9.59 Å². The molecule has 1 rings (SSSR count). The van der Waals surface area contributed by atoms with Gasteiger partial charge in [0.05, 0.1) is 38.3 Å². The maximum Gasteiger partial charge on any atom is 0.225 e. The van der Waals surface area contributed by atoms with Gasteiger partial charge in [-0.1, -0.05) is 156 Å². The van der Waals surface area contributed by atoms with Crippen molar-refractivity contribution >= 4 is 11.8 Å². The minimum atomic E-state index is -0.480. The maximum absolute atomic E-state index is 14.2. The van der Waals surface area contributed by atoms with Crippen molar-refractivity contribution in [3.63, 3.8) is 0 Å². The molecule has 320 valence electrons. The van der Waals surface area contributed by atoms with Crippen LogP contribution in [0.15, 0.2) is 0 Å². The predicted octanol–water partition coefficient (Wildman–Crippen LogP) is 11.5. The average Bonchev–Trinajstić information content (AvgIpc) is 3.17. The normalized spacial score (nSPS) is 17.6. The maximum atomic E-state index is 14.2. The molecule has 0 saturated carbocycles. The Bertz CT molecular complexity index is 731. The molecule has 0 bridgehead atoms. The van der Waals surface area contributed by atoms with E-state index >= 15 is 0 Å². The lowest BCUT2D eigenvalue weighted by Crippen LogP contribution is -2.43. The molecule has 1 aliphatic heterocycles. The smallest absolute Gasteiger partial charge is 0.225 e. The summed E-state index contributed by atoms with van der Waals surface area (Å²) in [5, 5.41) is 0. The van der Waals surface area contributed by atoms with Gasteiger partial charge in [0.25, 0.3) is 0 Å². The Kier molecular flexibility index (Phi) is 36.4. The van der Waals surface area contributed by atoms with Gasteiger partial charge in [-0.05, 0) is 38.5 Å². The van der Waals surface area contributed by atoms with Gasteiger partial charge in [-0.3, -0.25) is 9.59 Å². The summed E-state index contributed by atoms with van der Waals surface area (Å²) in [6, 6.07) is 0. The summed E-state index contributed by atoms with van der Waals surface area (Å²) in [6.07, 6.45) is 29.9. The Hall–Kier alpha value is -1.22. The lowest BCUT2D eigenvalue weighted by atomic mass is 10.0. The zero-order valence-electron chi connectivity index (χ0n) is 36.4. The molecule has 8 nitrogen and oxygen atoms in total. The topological polar surface area (TPSA) is 77.5 Å². The third-order valence-electron chi connectivity index (χ3n) is 10.9. The van der Waals surface area contributed by atoms with E-state index in [0.717, 1.165) is 90.4 Å². The first-order valence-electron chi connectivity index (χ1n) is 23.5. The molecule has 0 spiro atoms. The van der Waals surface area contributed by atoms with E-state index in [1.165, 1.54) is 103 Å². The van der Waals surface area contributed by atoms with Crippen LogP contribution < -0.4 is 0 Å². The van der Waals surface area contributed by atoms with E-state index < -0.39 is 12.2 Å². The summed E-state index contributed by atoms with van der Waals surface area (Å²) in [5.74, 6) is 0.278. The number of nitrogens with zero attached hydrogens (tertiary/aromatic N) is 2. The molecule has 2 atom stereocenters. The highest BCUT2D eigenvalue weighted by atomic mass is 16.5. The van der Waals surface area contributed by atoms with Gasteiger partial charge in [-0.25, -0.2) is 0 Å². The van der Waals surface area contributed by atoms with Crippen LogP contribution in [0.25, 0.3) is 0 Å². The number of hydrogen-bond acceptors (Lipinski definition) is 6. The molecule has 0 aliphatic carbocycles. The average molecular weight is 767 g/mol. The van der Waals surface area contributed by atoms with Gasteiger partial charge in [-0.2, -0.15) is 0 Å². The molecule has 1 unspecified atom stereocenters. The Balaban J connectivity index is 3.13. The van der Waals surface area contributed by atoms with E-state index in [1.807, 2.05) is 0 Å². The number of ether oxygens (including phenoxy) is 4. The number of unbranched alkanes of at least 4 members (excludes halogenated alkanes) is 20. The van der Waals surface area contributed by atoms with E-state index in [0.29, 0.717) is 39.6 Å². The fourth-order valence-electron chi connectivity index (χ4n) is 7.37. The second-order valence-electron chi connectivity index (χ2n) is 16.0. The van der Waals surface area contributed by atoms with Crippen LogP contribution in [0.2, 0.25) is 0 Å². The van der Waals surface area contributed by atoms with Gasteiger partial charge in [-0.15, -0.1) is 0 Å². The Labute approximate surface area is 334 Å². The van der Waals surface area contributed by atoms with Crippen LogP contribution in [0.5, 0.6) is 0 Å². The molecule has 1 aliphatic rings. The molecule has 8 heteroatoms. The Morgan fingerprint density at radius 2 is 0.667 bits per heavy atom. The van der Waals surface area contributed by atoms with Gasteiger partial charge in [0, 0.05) is 52.6 Å². The Morgan fingerprint density at radius 1 is 0.389 bits per heavy atom. The quantitative estimate of drug-likeness (QED) is 0.0635. The molecular formula is C46H90N2O6. The lowest BCUT2D eigenvalue weighted by Gasteiger charge is -2.32. The summed E-state index contributed by atoms with van der Waals surface area (Å²) >= 11 is 0. The number of rotatable bonds is 32. The third-order valence-corrected chi connectivity index (χ3v) is 10.9. The van der Waals surface area contributed by atoms with E-state index in [1.54, 1.807) is 0 Å². The minimum Gasteiger partial charge on any atom is -0.379 e. The molecule has 0 N–H and O–H groups in total. The van der Waals surface area contributed by atoms with Crippen molar-refractivity contribution in [1.29, 1.82) is 0 Å². The molecule has 2 amide bonds. The van der Waals surface area contributed by atoms with Gasteiger partial charge >= 0.3 is 0 Å². The molecule has 54 heavy (non-hydrogen) atoms. The molecule has 0 aromatic heterocycles. The van der Waals surface area contributed by atoms with Crippen molar-refractivity contribution in [1.82, 2.24) is 9.80 Å². The highest BCUT2D eigenvalue weighted by Crippen LogP contribution is 2.20. The van der Waals surface area contributed by atoms with Crippen LogP contribution in [0.3, 0.4) is 0 Å². The number of amides is 2. The van der Waals surface area contributed by atoms with Crippen molar-refractivity contribution in [3.05, 3.63) is 0 Å². The van der Waals surface area contributed by atoms with Crippen LogP contribution >= 0.6 is 0 Å². The highest BCUT2D eigenvalue weighted by Gasteiger charge is 2.31. The molecule has 0 radical (unpaired) electrons. The summed E-state index contributed by atoms with van der Waals surface area (Å²) in [4.78, 5) is 32.7. The Morgan fingerprint density at radius 3 is 0.963 bits per heavy atom. The minimum absolute atomic E-state index is 0.139. The second-order valence-corrected chi connectivity index (χ2v) is 16.0. The van der Waals surface area contributed by atoms with Crippen LogP contribution in [0.4, 0.5) is 0 Å². The third kappa shape index (κ3) is 29.1. The molecular weight excluding hydrogens is 677 g/mol. The number of carbonyl (C=O) groups excluding carboxylic acids is 2. The van der Waals surface area contributed by atoms with E-state index in [-0.39, 0.29) is 24.7 Å². The molecule has 0 aromatic rings. The first-order chi connectivity index (χ1) is 26.6. The summed E-state index contributed by atoms with van der Waals surface area (Å²) in [6.45, 7) is 15.5. The largest absolute Gasteiger partial charge is 0.379 e. The van der Waals surface area contributed by atoms with Crippen molar-refractivity contribution in [3.8, 4) is 0 Å². The monoisotopic (exact) mass is 767 g/mol. The van der Waals surface area contributed by atoms with Gasteiger partial charge in [0.1, 0.15) is 0 Å². The molecule has 1 heterocycles. The van der Waals surface area contributed by atoms with E-state index in [4.69, 9.17) is 18.9 Å². The van der Waals surface area contributed by atoms with E-state index in [2.05, 4.69) is 37.5 Å². The van der Waals surface area contributed by atoms with Gasteiger partial charge in [0.2, 0.25) is 11.8 Å². The fraction of sp³-hybridized carbons (Fsp3) is 0.957. The molecule has 1 fully saturated rings.